The zero-order valence-corrected chi connectivity index (χ0v) is 13.1. The second kappa shape index (κ2) is 7.44. The van der Waals surface area contributed by atoms with Crippen LogP contribution in [0.2, 0.25) is 0 Å². The lowest BCUT2D eigenvalue weighted by atomic mass is 10.1. The maximum atomic E-state index is 12.0. The Morgan fingerprint density at radius 2 is 2.00 bits per heavy atom. The number of hydrazine groups is 1. The van der Waals surface area contributed by atoms with Gasteiger partial charge in [-0.2, -0.15) is 0 Å². The van der Waals surface area contributed by atoms with Crippen molar-refractivity contribution in [3.05, 3.63) is 71.9 Å². The predicted octanol–water partition coefficient (Wildman–Crippen LogP) is 3.23. The van der Waals surface area contributed by atoms with E-state index in [2.05, 4.69) is 17.2 Å². The van der Waals surface area contributed by atoms with Crippen LogP contribution in [0.4, 0.5) is 9.80 Å². The van der Waals surface area contributed by atoms with Crippen molar-refractivity contribution < 1.29 is 4.79 Å². The molecule has 0 saturated heterocycles. The first-order valence-corrected chi connectivity index (χ1v) is 7.50. The van der Waals surface area contributed by atoms with E-state index in [9.17, 15) is 4.79 Å². The Morgan fingerprint density at radius 1 is 1.27 bits per heavy atom. The fourth-order valence-electron chi connectivity index (χ4n) is 1.74. The number of nitrogens with one attached hydrogen (secondary N) is 2. The van der Waals surface area contributed by atoms with Crippen molar-refractivity contribution in [1.29, 1.82) is 0 Å². The highest BCUT2D eigenvalue weighted by atomic mass is 32.1. The molecule has 0 bridgehead atoms. The standard InChI is InChI=1S/C16H18N4OS/c1-12(13-7-4-3-5-8-13)11-14(20(2)17)18-16(21)19-15-9-6-10-22-15/h3-11H,1,17H2,2H3,(H2,18,19,21)/b14-11-. The average molecular weight is 314 g/mol. The summed E-state index contributed by atoms with van der Waals surface area (Å²) >= 11 is 1.44. The number of allylic oxidation sites excluding steroid dienone is 2. The molecule has 0 aliphatic rings. The third kappa shape index (κ3) is 4.47. The number of hydrogen-bond acceptors (Lipinski definition) is 4. The molecule has 0 unspecified atom stereocenters. The van der Waals surface area contributed by atoms with Crippen molar-refractivity contribution in [3.8, 4) is 0 Å². The second-order valence-electron chi connectivity index (χ2n) is 4.59. The molecule has 22 heavy (non-hydrogen) atoms. The van der Waals surface area contributed by atoms with Gasteiger partial charge < -0.3 is 0 Å². The van der Waals surface area contributed by atoms with E-state index in [1.165, 1.54) is 16.3 Å². The molecule has 114 valence electrons. The van der Waals surface area contributed by atoms with E-state index in [4.69, 9.17) is 5.84 Å². The van der Waals surface area contributed by atoms with Crippen LogP contribution in [0.25, 0.3) is 5.57 Å². The van der Waals surface area contributed by atoms with E-state index in [0.29, 0.717) is 5.82 Å². The summed E-state index contributed by atoms with van der Waals surface area (Å²) in [4.78, 5) is 12.0. The molecule has 0 radical (unpaired) electrons. The maximum absolute atomic E-state index is 12.0. The van der Waals surface area contributed by atoms with Crippen LogP contribution in [-0.4, -0.2) is 18.1 Å². The van der Waals surface area contributed by atoms with Gasteiger partial charge in [-0.1, -0.05) is 36.9 Å². The monoisotopic (exact) mass is 314 g/mol. The number of urea groups is 1. The Labute approximate surface area is 133 Å². The Bertz CT molecular complexity index is 663. The van der Waals surface area contributed by atoms with Crippen molar-refractivity contribution in [2.24, 2.45) is 5.84 Å². The molecular weight excluding hydrogens is 296 g/mol. The van der Waals surface area contributed by atoms with Gasteiger partial charge in [-0.15, -0.1) is 11.3 Å². The van der Waals surface area contributed by atoms with Crippen LogP contribution in [0.5, 0.6) is 0 Å². The van der Waals surface area contributed by atoms with Crippen molar-refractivity contribution in [1.82, 2.24) is 10.3 Å². The van der Waals surface area contributed by atoms with Crippen LogP contribution < -0.4 is 16.5 Å². The van der Waals surface area contributed by atoms with Crippen molar-refractivity contribution in [3.63, 3.8) is 0 Å². The van der Waals surface area contributed by atoms with Gasteiger partial charge in [0.05, 0.1) is 5.00 Å². The quantitative estimate of drug-likeness (QED) is 0.451. The summed E-state index contributed by atoms with van der Waals surface area (Å²) in [7, 11) is 1.65. The number of nitrogens with two attached hydrogens (primary N) is 1. The molecule has 6 heteroatoms. The average Bonchev–Trinajstić information content (AvgIpc) is 3.00. The molecule has 5 nitrogen and oxygen atoms in total. The highest BCUT2D eigenvalue weighted by Gasteiger charge is 2.08. The first-order chi connectivity index (χ1) is 10.6. The Hall–Kier alpha value is -2.57. The number of anilines is 1. The van der Waals surface area contributed by atoms with E-state index < -0.39 is 0 Å². The third-order valence-electron chi connectivity index (χ3n) is 2.84. The van der Waals surface area contributed by atoms with E-state index in [-0.39, 0.29) is 6.03 Å². The van der Waals surface area contributed by atoms with Crippen molar-refractivity contribution in [2.45, 2.75) is 0 Å². The topological polar surface area (TPSA) is 70.4 Å². The minimum Gasteiger partial charge on any atom is -0.299 e. The predicted molar refractivity (Wildman–Crippen MR) is 92.0 cm³/mol. The number of thiophene rings is 1. The Morgan fingerprint density at radius 3 is 2.59 bits per heavy atom. The molecule has 0 saturated carbocycles. The molecule has 0 aliphatic heterocycles. The van der Waals surface area contributed by atoms with Crippen LogP contribution in [0, 0.1) is 0 Å². The van der Waals surface area contributed by atoms with Crippen LogP contribution in [0.15, 0.2) is 66.3 Å². The lowest BCUT2D eigenvalue weighted by molar-refractivity contribution is 0.250. The Balaban J connectivity index is 2.07. The third-order valence-corrected chi connectivity index (χ3v) is 3.62. The number of nitrogens with zero attached hydrogens (tertiary/aromatic N) is 1. The molecule has 4 N–H and O–H groups in total. The zero-order chi connectivity index (χ0) is 15.9. The highest BCUT2D eigenvalue weighted by molar-refractivity contribution is 7.14. The fourth-order valence-corrected chi connectivity index (χ4v) is 2.35. The SMILES string of the molecule is C=C(/C=C(/NC(=O)Nc1cccs1)N(C)N)c1ccccc1. The van der Waals surface area contributed by atoms with Gasteiger partial charge in [0, 0.05) is 7.05 Å². The molecule has 2 rings (SSSR count). The van der Waals surface area contributed by atoms with Crippen molar-refractivity contribution >= 4 is 27.9 Å². The maximum Gasteiger partial charge on any atom is 0.325 e. The number of amides is 2. The van der Waals surface area contributed by atoms with Crippen LogP contribution in [0.1, 0.15) is 5.56 Å². The summed E-state index contributed by atoms with van der Waals surface area (Å²) in [6.07, 6.45) is 1.73. The first kappa shape index (κ1) is 15.8. The molecular formula is C16H18N4OS. The Kier molecular flexibility index (Phi) is 5.35. The van der Waals surface area contributed by atoms with Crippen LogP contribution >= 0.6 is 11.3 Å². The van der Waals surface area contributed by atoms with Gasteiger partial charge in [-0.05, 0) is 34.7 Å². The number of carbonyl (C=O) groups excluding carboxylic acids is 1. The number of carbonyl (C=O) groups is 1. The summed E-state index contributed by atoms with van der Waals surface area (Å²) < 4.78 is 0. The van der Waals surface area contributed by atoms with E-state index in [1.807, 2.05) is 47.8 Å². The molecule has 1 aromatic heterocycles. The van der Waals surface area contributed by atoms with Crippen LogP contribution in [-0.2, 0) is 0 Å². The van der Waals surface area contributed by atoms with Gasteiger partial charge in [-0.3, -0.25) is 15.6 Å². The van der Waals surface area contributed by atoms with Gasteiger partial charge in [0.2, 0.25) is 0 Å². The van der Waals surface area contributed by atoms with Gasteiger partial charge in [0.15, 0.2) is 0 Å². The summed E-state index contributed by atoms with van der Waals surface area (Å²) in [6, 6.07) is 13.0. The van der Waals surface area contributed by atoms with E-state index in [1.54, 1.807) is 13.1 Å². The largest absolute Gasteiger partial charge is 0.325 e. The summed E-state index contributed by atoms with van der Waals surface area (Å²) in [5.74, 6) is 6.22. The lowest BCUT2D eigenvalue weighted by Crippen LogP contribution is -2.38. The molecule has 2 aromatic rings. The summed E-state index contributed by atoms with van der Waals surface area (Å²) in [5.41, 5.74) is 1.71. The van der Waals surface area contributed by atoms with Crippen LogP contribution in [0.3, 0.4) is 0 Å². The molecule has 0 fully saturated rings. The summed E-state index contributed by atoms with van der Waals surface area (Å²) in [6.45, 7) is 4.00. The van der Waals surface area contributed by atoms with Gasteiger partial charge >= 0.3 is 6.03 Å². The van der Waals surface area contributed by atoms with E-state index >= 15 is 0 Å². The zero-order valence-electron chi connectivity index (χ0n) is 12.2. The lowest BCUT2D eigenvalue weighted by Gasteiger charge is -2.18. The molecule has 1 heterocycles. The van der Waals surface area contributed by atoms with Crippen molar-refractivity contribution in [2.75, 3.05) is 12.4 Å². The number of rotatable bonds is 5. The van der Waals surface area contributed by atoms with E-state index in [0.717, 1.165) is 16.1 Å². The normalized spacial score (nSPS) is 10.9. The number of benzene rings is 1. The summed E-state index contributed by atoms with van der Waals surface area (Å²) in [5, 5.41) is 9.43. The minimum absolute atomic E-state index is 0.355. The van der Waals surface area contributed by atoms with Gasteiger partial charge in [0.1, 0.15) is 5.82 Å². The fraction of sp³-hybridized carbons (Fsp3) is 0.0625. The van der Waals surface area contributed by atoms with Gasteiger partial charge in [-0.25, -0.2) is 10.6 Å². The molecule has 0 spiro atoms. The highest BCUT2D eigenvalue weighted by Crippen LogP contribution is 2.16. The first-order valence-electron chi connectivity index (χ1n) is 6.62. The molecule has 0 aliphatic carbocycles. The van der Waals surface area contributed by atoms with Gasteiger partial charge in [0.25, 0.3) is 0 Å². The molecule has 0 atom stereocenters. The smallest absolute Gasteiger partial charge is 0.299 e. The minimum atomic E-state index is -0.355. The second-order valence-corrected chi connectivity index (χ2v) is 5.54. The molecule has 1 aromatic carbocycles. The number of hydrogen-bond donors (Lipinski definition) is 3. The molecule has 2 amide bonds.